The molecule has 2 aliphatic heterocycles. The zero-order valence-corrected chi connectivity index (χ0v) is 18.3. The Hall–Kier alpha value is -2.48. The zero-order chi connectivity index (χ0) is 21.9. The van der Waals surface area contributed by atoms with Crippen LogP contribution in [0.25, 0.3) is 0 Å². The molecule has 4 atom stereocenters. The Labute approximate surface area is 189 Å². The number of aliphatic hydroxyl groups excluding tert-OH is 1. The number of carbonyl (C=O) groups is 1. The van der Waals surface area contributed by atoms with Gasteiger partial charge in [-0.1, -0.05) is 12.1 Å². The molecule has 0 bridgehead atoms. The van der Waals surface area contributed by atoms with Gasteiger partial charge in [0.05, 0.1) is 24.9 Å². The van der Waals surface area contributed by atoms with Crippen LogP contribution in [0.15, 0.2) is 48.8 Å². The summed E-state index contributed by atoms with van der Waals surface area (Å²) in [6.07, 6.45) is 4.39. The first-order valence-corrected chi connectivity index (χ1v) is 11.6. The first-order chi connectivity index (χ1) is 15.7. The number of fused-ring (bicyclic) bond motifs is 1. The lowest BCUT2D eigenvalue weighted by atomic mass is 9.78. The molecule has 1 aromatic heterocycles. The molecule has 3 aliphatic rings. The summed E-state index contributed by atoms with van der Waals surface area (Å²) in [5, 5.41) is 10.9. The minimum Gasteiger partial charge on any atom is -0.487 e. The van der Waals surface area contributed by atoms with E-state index in [1.165, 1.54) is 5.56 Å². The summed E-state index contributed by atoms with van der Waals surface area (Å²) >= 11 is 0. The number of carbonyl (C=O) groups excluding carboxylic acids is 1. The molecular formula is C25H31N3O4. The Morgan fingerprint density at radius 2 is 1.78 bits per heavy atom. The highest BCUT2D eigenvalue weighted by Gasteiger charge is 2.42. The number of aromatic nitrogens is 1. The van der Waals surface area contributed by atoms with Crippen LogP contribution in [0.3, 0.4) is 0 Å². The van der Waals surface area contributed by atoms with Crippen molar-refractivity contribution in [2.75, 3.05) is 39.4 Å². The van der Waals surface area contributed by atoms with E-state index < -0.39 is 6.10 Å². The third-order valence-corrected chi connectivity index (χ3v) is 7.01. The Kier molecular flexibility index (Phi) is 6.39. The first kappa shape index (κ1) is 21.4. The van der Waals surface area contributed by atoms with Gasteiger partial charge in [0.25, 0.3) is 5.91 Å². The summed E-state index contributed by atoms with van der Waals surface area (Å²) in [6, 6.07) is 11.5. The molecule has 1 amide bonds. The summed E-state index contributed by atoms with van der Waals surface area (Å²) in [5.74, 6) is 1.51. The van der Waals surface area contributed by atoms with E-state index in [0.29, 0.717) is 49.5 Å². The number of nitrogens with zero attached hydrogens (tertiary/aromatic N) is 3. The maximum Gasteiger partial charge on any atom is 0.257 e. The molecule has 0 unspecified atom stereocenters. The van der Waals surface area contributed by atoms with E-state index in [1.54, 1.807) is 0 Å². The van der Waals surface area contributed by atoms with Gasteiger partial charge in [0.2, 0.25) is 0 Å². The lowest BCUT2D eigenvalue weighted by Crippen LogP contribution is -2.43. The van der Waals surface area contributed by atoms with Crippen molar-refractivity contribution in [2.24, 2.45) is 11.8 Å². The quantitative estimate of drug-likeness (QED) is 0.773. The third-order valence-electron chi connectivity index (χ3n) is 7.01. The predicted molar refractivity (Wildman–Crippen MR) is 119 cm³/mol. The van der Waals surface area contributed by atoms with Gasteiger partial charge in [0, 0.05) is 45.1 Å². The molecule has 7 heteroatoms. The van der Waals surface area contributed by atoms with Crippen molar-refractivity contribution >= 4 is 5.91 Å². The minimum absolute atomic E-state index is 0.0310. The van der Waals surface area contributed by atoms with Gasteiger partial charge in [0.1, 0.15) is 11.9 Å². The van der Waals surface area contributed by atoms with E-state index in [-0.39, 0.29) is 12.0 Å². The standard InChI is InChI=1S/C25H31N3O4/c29-22-13-19-16-27(15-18-5-7-26-8-6-18)17-20(19)14-24(22)32-23-4-2-1-3-21(23)25(30)28-9-11-31-12-10-28/h1-8,19-20,22,24,29H,9-17H2/t19-,20+,22+,24+/m0/s1. The maximum atomic E-state index is 13.1. The van der Waals surface area contributed by atoms with Crippen LogP contribution >= 0.6 is 0 Å². The van der Waals surface area contributed by atoms with E-state index in [1.807, 2.05) is 41.6 Å². The summed E-state index contributed by atoms with van der Waals surface area (Å²) < 4.78 is 11.7. The lowest BCUT2D eigenvalue weighted by molar-refractivity contribution is -0.0237. The number of rotatable bonds is 5. The Morgan fingerprint density at radius 1 is 1.06 bits per heavy atom. The van der Waals surface area contributed by atoms with Crippen molar-refractivity contribution in [3.8, 4) is 5.75 Å². The van der Waals surface area contributed by atoms with Crippen LogP contribution in [0.4, 0.5) is 0 Å². The third kappa shape index (κ3) is 4.65. The molecule has 3 fully saturated rings. The van der Waals surface area contributed by atoms with E-state index in [4.69, 9.17) is 9.47 Å². The van der Waals surface area contributed by atoms with Crippen LogP contribution in [0.2, 0.25) is 0 Å². The van der Waals surface area contributed by atoms with Crippen LogP contribution < -0.4 is 4.74 Å². The SMILES string of the molecule is O=C(c1ccccc1O[C@@H]1C[C@@H]2CN(Cc3ccncc3)C[C@@H]2C[C@H]1O)N1CCOCC1. The molecule has 32 heavy (non-hydrogen) atoms. The highest BCUT2D eigenvalue weighted by molar-refractivity contribution is 5.97. The number of aliphatic hydroxyl groups is 1. The number of morpholine rings is 1. The van der Waals surface area contributed by atoms with Gasteiger partial charge in [-0.3, -0.25) is 14.7 Å². The molecule has 0 radical (unpaired) electrons. The molecule has 2 aromatic rings. The molecule has 3 heterocycles. The molecule has 0 spiro atoms. The summed E-state index contributed by atoms with van der Waals surface area (Å²) in [4.78, 5) is 21.4. The monoisotopic (exact) mass is 437 g/mol. The van der Waals surface area contributed by atoms with Crippen molar-refractivity contribution in [3.63, 3.8) is 0 Å². The Morgan fingerprint density at radius 3 is 2.56 bits per heavy atom. The van der Waals surface area contributed by atoms with Crippen LogP contribution in [0, 0.1) is 11.8 Å². The maximum absolute atomic E-state index is 13.1. The van der Waals surface area contributed by atoms with Crippen molar-refractivity contribution in [1.82, 2.24) is 14.8 Å². The topological polar surface area (TPSA) is 75.1 Å². The normalized spacial score (nSPS) is 28.3. The summed E-state index contributed by atoms with van der Waals surface area (Å²) in [7, 11) is 0. The number of ether oxygens (including phenoxy) is 2. The van der Waals surface area contributed by atoms with Crippen LogP contribution in [-0.2, 0) is 11.3 Å². The largest absolute Gasteiger partial charge is 0.487 e. The number of hydrogen-bond donors (Lipinski definition) is 1. The number of benzene rings is 1. The highest BCUT2D eigenvalue weighted by Crippen LogP contribution is 2.39. The molecule has 170 valence electrons. The van der Waals surface area contributed by atoms with Crippen LogP contribution in [0.5, 0.6) is 5.75 Å². The second kappa shape index (κ2) is 9.57. The van der Waals surface area contributed by atoms with E-state index in [0.717, 1.165) is 32.5 Å². The fourth-order valence-corrected chi connectivity index (χ4v) is 5.34. The summed E-state index contributed by atoms with van der Waals surface area (Å²) in [5.41, 5.74) is 1.83. The molecule has 1 N–H and O–H groups in total. The fourth-order valence-electron chi connectivity index (χ4n) is 5.34. The molecule has 1 aliphatic carbocycles. The van der Waals surface area contributed by atoms with Gasteiger partial charge in [-0.2, -0.15) is 0 Å². The van der Waals surface area contributed by atoms with Gasteiger partial charge >= 0.3 is 0 Å². The number of para-hydroxylation sites is 1. The number of amides is 1. The molecule has 1 aromatic carbocycles. The van der Waals surface area contributed by atoms with E-state index >= 15 is 0 Å². The second-order valence-corrected chi connectivity index (χ2v) is 9.17. The highest BCUT2D eigenvalue weighted by atomic mass is 16.5. The van der Waals surface area contributed by atoms with Gasteiger partial charge in [-0.25, -0.2) is 0 Å². The van der Waals surface area contributed by atoms with Crippen molar-refractivity contribution in [3.05, 3.63) is 59.9 Å². The molecule has 2 saturated heterocycles. The van der Waals surface area contributed by atoms with Gasteiger partial charge in [-0.05, 0) is 54.5 Å². The zero-order valence-electron chi connectivity index (χ0n) is 18.3. The molecule has 7 nitrogen and oxygen atoms in total. The Bertz CT molecular complexity index is 918. The van der Waals surface area contributed by atoms with Crippen molar-refractivity contribution in [2.45, 2.75) is 31.6 Å². The Balaban J connectivity index is 1.24. The average Bonchev–Trinajstić information content (AvgIpc) is 3.21. The summed E-state index contributed by atoms with van der Waals surface area (Å²) in [6.45, 7) is 5.24. The average molecular weight is 438 g/mol. The number of pyridine rings is 1. The van der Waals surface area contributed by atoms with Crippen LogP contribution in [-0.4, -0.2) is 77.4 Å². The van der Waals surface area contributed by atoms with Crippen molar-refractivity contribution < 1.29 is 19.4 Å². The smallest absolute Gasteiger partial charge is 0.257 e. The minimum atomic E-state index is -0.524. The van der Waals surface area contributed by atoms with Gasteiger partial charge < -0.3 is 19.5 Å². The number of likely N-dealkylation sites (tertiary alicyclic amines) is 1. The second-order valence-electron chi connectivity index (χ2n) is 9.17. The number of hydrogen-bond acceptors (Lipinski definition) is 6. The van der Waals surface area contributed by atoms with Crippen LogP contribution in [0.1, 0.15) is 28.8 Å². The van der Waals surface area contributed by atoms with Gasteiger partial charge in [-0.15, -0.1) is 0 Å². The molecular weight excluding hydrogens is 406 g/mol. The van der Waals surface area contributed by atoms with Gasteiger partial charge in [0.15, 0.2) is 0 Å². The van der Waals surface area contributed by atoms with E-state index in [2.05, 4.69) is 22.0 Å². The predicted octanol–water partition coefficient (Wildman–Crippen LogP) is 2.20. The molecule has 5 rings (SSSR count). The molecule has 1 saturated carbocycles. The lowest BCUT2D eigenvalue weighted by Gasteiger charge is -2.36. The first-order valence-electron chi connectivity index (χ1n) is 11.6. The van der Waals surface area contributed by atoms with E-state index in [9.17, 15) is 9.90 Å². The van der Waals surface area contributed by atoms with Crippen molar-refractivity contribution in [1.29, 1.82) is 0 Å². The fraction of sp³-hybridized carbons (Fsp3) is 0.520.